The van der Waals surface area contributed by atoms with Crippen molar-refractivity contribution in [2.45, 2.75) is 12.8 Å². The molecule has 3 N–H and O–H groups in total. The highest BCUT2D eigenvalue weighted by Gasteiger charge is 2.15. The van der Waals surface area contributed by atoms with Gasteiger partial charge in [-0.05, 0) is 17.9 Å². The molecule has 2 rings (SSSR count). The second kappa shape index (κ2) is 4.22. The molecule has 1 atom stereocenters. The molecule has 2 heterocycles. The van der Waals surface area contributed by atoms with E-state index in [-0.39, 0.29) is 12.5 Å². The maximum Gasteiger partial charge on any atom is 0.116 e. The summed E-state index contributed by atoms with van der Waals surface area (Å²) in [4.78, 5) is 8.45. The molecule has 0 aliphatic carbocycles. The van der Waals surface area contributed by atoms with Gasteiger partial charge in [0.15, 0.2) is 0 Å². The maximum absolute atomic E-state index is 9.21. The fraction of sp³-hybridized carbons (Fsp3) is 0.400. The van der Waals surface area contributed by atoms with Crippen LogP contribution in [0.2, 0.25) is 0 Å². The van der Waals surface area contributed by atoms with Crippen LogP contribution in [-0.2, 0) is 0 Å². The van der Waals surface area contributed by atoms with E-state index in [0.717, 1.165) is 21.5 Å². The van der Waals surface area contributed by atoms with Crippen molar-refractivity contribution in [1.29, 1.82) is 0 Å². The summed E-state index contributed by atoms with van der Waals surface area (Å²) >= 11 is 1.61. The van der Waals surface area contributed by atoms with Crippen molar-refractivity contribution in [1.82, 2.24) is 9.97 Å². The fourth-order valence-electron chi connectivity index (χ4n) is 1.55. The minimum Gasteiger partial charge on any atom is -0.396 e. The van der Waals surface area contributed by atoms with Gasteiger partial charge in [-0.3, -0.25) is 0 Å². The third-order valence-corrected chi connectivity index (χ3v) is 3.56. The average Bonchev–Trinajstić information content (AvgIpc) is 2.64. The zero-order chi connectivity index (χ0) is 10.8. The van der Waals surface area contributed by atoms with Crippen LogP contribution in [0.3, 0.4) is 0 Å². The lowest BCUT2D eigenvalue weighted by atomic mass is 10.1. The van der Waals surface area contributed by atoms with Crippen LogP contribution in [0.15, 0.2) is 11.7 Å². The van der Waals surface area contributed by atoms with Gasteiger partial charge >= 0.3 is 0 Å². The Morgan fingerprint density at radius 1 is 1.53 bits per heavy atom. The normalized spacial score (nSPS) is 13.3. The Labute approximate surface area is 91.8 Å². The molecule has 80 valence electrons. The molecule has 0 fully saturated rings. The van der Waals surface area contributed by atoms with Crippen molar-refractivity contribution >= 4 is 21.6 Å². The largest absolute Gasteiger partial charge is 0.396 e. The first-order chi connectivity index (χ1) is 7.27. The van der Waals surface area contributed by atoms with Crippen LogP contribution in [0.25, 0.3) is 10.2 Å². The van der Waals surface area contributed by atoms with Gasteiger partial charge in [0.2, 0.25) is 0 Å². The number of nitrogens with zero attached hydrogens (tertiary/aromatic N) is 2. The molecule has 0 aliphatic heterocycles. The number of hydrogen-bond acceptors (Lipinski definition) is 5. The molecule has 5 heteroatoms. The zero-order valence-corrected chi connectivity index (χ0v) is 9.29. The van der Waals surface area contributed by atoms with Gasteiger partial charge in [0.05, 0.1) is 22.5 Å². The van der Waals surface area contributed by atoms with E-state index in [2.05, 4.69) is 9.97 Å². The number of aryl methyl sites for hydroxylation is 1. The summed E-state index contributed by atoms with van der Waals surface area (Å²) in [5.41, 5.74) is 8.58. The summed E-state index contributed by atoms with van der Waals surface area (Å²) in [6.07, 6.45) is 1.54. The van der Waals surface area contributed by atoms with Crippen molar-refractivity contribution in [2.24, 2.45) is 5.73 Å². The van der Waals surface area contributed by atoms with Crippen molar-refractivity contribution in [3.63, 3.8) is 0 Å². The summed E-state index contributed by atoms with van der Waals surface area (Å²) in [5, 5.41) is 11.3. The number of aliphatic hydroxyl groups is 1. The Morgan fingerprint density at radius 3 is 3.00 bits per heavy atom. The van der Waals surface area contributed by atoms with Gasteiger partial charge in [0, 0.05) is 12.5 Å². The standard InChI is InChI=1S/C10H13N3OS/c1-6-4-15-10-8(6)12-5-13-9(10)7(2-11)3-14/h4-5,7,14H,2-3,11H2,1H3. The summed E-state index contributed by atoms with van der Waals surface area (Å²) in [6.45, 7) is 2.45. The number of rotatable bonds is 3. The first-order valence-electron chi connectivity index (χ1n) is 4.77. The molecule has 0 saturated carbocycles. The van der Waals surface area contributed by atoms with Crippen LogP contribution in [0.1, 0.15) is 17.2 Å². The number of thiophene rings is 1. The highest BCUT2D eigenvalue weighted by Crippen LogP contribution is 2.29. The predicted octanol–water partition coefficient (Wildman–Crippen LogP) is 1.03. The molecule has 2 aromatic rings. The molecule has 0 bridgehead atoms. The SMILES string of the molecule is Cc1csc2c(C(CN)CO)ncnc12. The molecule has 1 unspecified atom stereocenters. The number of aliphatic hydroxyl groups excluding tert-OH is 1. The van der Waals surface area contributed by atoms with E-state index in [1.165, 1.54) is 6.33 Å². The summed E-state index contributed by atoms with van der Waals surface area (Å²) in [7, 11) is 0. The highest BCUT2D eigenvalue weighted by molar-refractivity contribution is 7.17. The van der Waals surface area contributed by atoms with Crippen molar-refractivity contribution < 1.29 is 5.11 Å². The predicted molar refractivity (Wildman–Crippen MR) is 61.0 cm³/mol. The second-order valence-corrected chi connectivity index (χ2v) is 4.35. The number of fused-ring (bicyclic) bond motifs is 1. The summed E-state index contributed by atoms with van der Waals surface area (Å²) < 4.78 is 1.04. The molecule has 0 aliphatic rings. The van der Waals surface area contributed by atoms with Gasteiger partial charge in [-0.25, -0.2) is 9.97 Å². The molecular formula is C10H13N3OS. The number of aromatic nitrogens is 2. The smallest absolute Gasteiger partial charge is 0.116 e. The monoisotopic (exact) mass is 223 g/mol. The van der Waals surface area contributed by atoms with Crippen molar-refractivity contribution in [3.8, 4) is 0 Å². The average molecular weight is 223 g/mol. The quantitative estimate of drug-likeness (QED) is 0.815. The summed E-state index contributed by atoms with van der Waals surface area (Å²) in [5.74, 6) is -0.0893. The Hall–Kier alpha value is -1.04. The van der Waals surface area contributed by atoms with Crippen LogP contribution in [-0.4, -0.2) is 28.2 Å². The van der Waals surface area contributed by atoms with Crippen LogP contribution in [0, 0.1) is 6.92 Å². The van der Waals surface area contributed by atoms with Gasteiger partial charge < -0.3 is 10.8 Å². The molecule has 0 saturated heterocycles. The molecule has 4 nitrogen and oxygen atoms in total. The third kappa shape index (κ3) is 1.73. The van der Waals surface area contributed by atoms with Gasteiger partial charge in [0.1, 0.15) is 6.33 Å². The lowest BCUT2D eigenvalue weighted by Gasteiger charge is -2.10. The highest BCUT2D eigenvalue weighted by atomic mass is 32.1. The van der Waals surface area contributed by atoms with Crippen LogP contribution >= 0.6 is 11.3 Å². The molecular weight excluding hydrogens is 210 g/mol. The van der Waals surface area contributed by atoms with Gasteiger partial charge in [-0.15, -0.1) is 11.3 Å². The van der Waals surface area contributed by atoms with Gasteiger partial charge in [-0.2, -0.15) is 0 Å². The van der Waals surface area contributed by atoms with Crippen molar-refractivity contribution in [2.75, 3.05) is 13.2 Å². The number of nitrogens with two attached hydrogens (primary N) is 1. The second-order valence-electron chi connectivity index (χ2n) is 3.47. The molecule has 0 radical (unpaired) electrons. The van der Waals surface area contributed by atoms with E-state index < -0.39 is 0 Å². The molecule has 0 amide bonds. The van der Waals surface area contributed by atoms with Crippen LogP contribution in [0.5, 0.6) is 0 Å². The number of hydrogen-bond donors (Lipinski definition) is 2. The van der Waals surface area contributed by atoms with Crippen molar-refractivity contribution in [3.05, 3.63) is 23.0 Å². The van der Waals surface area contributed by atoms with E-state index in [0.29, 0.717) is 6.54 Å². The van der Waals surface area contributed by atoms with Gasteiger partial charge in [-0.1, -0.05) is 0 Å². The van der Waals surface area contributed by atoms with E-state index in [9.17, 15) is 5.11 Å². The maximum atomic E-state index is 9.21. The molecule has 2 aromatic heterocycles. The topological polar surface area (TPSA) is 72.0 Å². The van der Waals surface area contributed by atoms with E-state index in [1.807, 2.05) is 12.3 Å². The fourth-order valence-corrected chi connectivity index (χ4v) is 2.62. The molecule has 15 heavy (non-hydrogen) atoms. The molecule has 0 spiro atoms. The summed E-state index contributed by atoms with van der Waals surface area (Å²) in [6, 6.07) is 0. The lowest BCUT2D eigenvalue weighted by molar-refractivity contribution is 0.266. The van der Waals surface area contributed by atoms with Crippen LogP contribution in [0.4, 0.5) is 0 Å². The first kappa shape index (κ1) is 10.5. The minimum atomic E-state index is -0.0893. The Bertz CT molecular complexity index is 465. The van der Waals surface area contributed by atoms with E-state index in [1.54, 1.807) is 11.3 Å². The molecule has 0 aromatic carbocycles. The Morgan fingerprint density at radius 2 is 2.33 bits per heavy atom. The minimum absolute atomic E-state index is 0.0273. The van der Waals surface area contributed by atoms with Crippen LogP contribution < -0.4 is 5.73 Å². The lowest BCUT2D eigenvalue weighted by Crippen LogP contribution is -2.17. The van der Waals surface area contributed by atoms with E-state index >= 15 is 0 Å². The van der Waals surface area contributed by atoms with Gasteiger partial charge in [0.25, 0.3) is 0 Å². The Kier molecular flexibility index (Phi) is 2.95. The Balaban J connectivity index is 2.60. The van der Waals surface area contributed by atoms with E-state index in [4.69, 9.17) is 5.73 Å². The third-order valence-electron chi connectivity index (χ3n) is 2.45. The first-order valence-corrected chi connectivity index (χ1v) is 5.65. The zero-order valence-electron chi connectivity index (χ0n) is 8.47.